The molecule has 178 valence electrons. The highest BCUT2D eigenvalue weighted by Gasteiger charge is 2.20. The number of hydrogen-bond acceptors (Lipinski definition) is 7. The number of benzene rings is 1. The number of ether oxygens (including phenoxy) is 1. The summed E-state index contributed by atoms with van der Waals surface area (Å²) in [5, 5.41) is 5.36. The quantitative estimate of drug-likeness (QED) is 0.409. The lowest BCUT2D eigenvalue weighted by molar-refractivity contribution is -0.123. The van der Waals surface area contributed by atoms with Crippen LogP contribution < -0.4 is 15.4 Å². The number of hydrogen-bond donors (Lipinski definition) is 3. The molecule has 0 saturated carbocycles. The average molecular weight is 477 g/mol. The molecular weight excluding hydrogens is 448 g/mol. The van der Waals surface area contributed by atoms with Crippen molar-refractivity contribution in [3.05, 3.63) is 59.4 Å². The molecule has 0 fully saturated rings. The molecule has 0 aliphatic carbocycles. The SMILES string of the molecule is COCCNC(=O)c1ccc(C(=O)NS(=O)(=O)c2cccc(CCNC(=O)C(C)C)c2)cn1. The minimum atomic E-state index is -4.13. The smallest absolute Gasteiger partial charge is 0.269 e. The van der Waals surface area contributed by atoms with Crippen molar-refractivity contribution in [3.63, 3.8) is 0 Å². The minimum absolute atomic E-state index is 0.0143. The standard InChI is InChI=1S/C22H28N4O6S/c1-15(2)20(27)23-10-9-16-5-4-6-18(13-16)33(30,31)26-21(28)17-7-8-19(25-14-17)22(29)24-11-12-32-3/h4-8,13-15H,9-12H2,1-3H3,(H,23,27)(H,24,29)(H,26,28). The number of rotatable bonds is 11. The van der Waals surface area contributed by atoms with Crippen molar-refractivity contribution >= 4 is 27.7 Å². The van der Waals surface area contributed by atoms with Gasteiger partial charge in [-0.1, -0.05) is 26.0 Å². The fourth-order valence-electron chi connectivity index (χ4n) is 2.66. The first kappa shape index (κ1) is 25.9. The van der Waals surface area contributed by atoms with E-state index >= 15 is 0 Å². The maximum absolute atomic E-state index is 12.7. The average Bonchev–Trinajstić information content (AvgIpc) is 2.79. The van der Waals surface area contributed by atoms with Crippen LogP contribution in [0.3, 0.4) is 0 Å². The number of amides is 3. The van der Waals surface area contributed by atoms with Crippen molar-refractivity contribution in [3.8, 4) is 0 Å². The lowest BCUT2D eigenvalue weighted by Crippen LogP contribution is -2.31. The van der Waals surface area contributed by atoms with Gasteiger partial charge in [-0.2, -0.15) is 0 Å². The highest BCUT2D eigenvalue weighted by Crippen LogP contribution is 2.13. The number of pyridine rings is 1. The maximum Gasteiger partial charge on any atom is 0.269 e. The van der Waals surface area contributed by atoms with Crippen LogP contribution in [0.25, 0.3) is 0 Å². The van der Waals surface area contributed by atoms with E-state index in [-0.39, 0.29) is 28.0 Å². The highest BCUT2D eigenvalue weighted by molar-refractivity contribution is 7.90. The first-order valence-electron chi connectivity index (χ1n) is 10.3. The fraction of sp³-hybridized carbons (Fsp3) is 0.364. The second-order valence-electron chi connectivity index (χ2n) is 7.46. The molecule has 3 amide bonds. The summed E-state index contributed by atoms with van der Waals surface area (Å²) in [6.45, 7) is 4.58. The summed E-state index contributed by atoms with van der Waals surface area (Å²) in [4.78, 5) is 39.8. The number of nitrogens with zero attached hydrogens (tertiary/aromatic N) is 1. The molecule has 0 saturated heterocycles. The Kier molecular flexibility index (Phi) is 9.49. The maximum atomic E-state index is 12.7. The van der Waals surface area contributed by atoms with Gasteiger partial charge in [-0.15, -0.1) is 0 Å². The van der Waals surface area contributed by atoms with Crippen LogP contribution in [0, 0.1) is 5.92 Å². The highest BCUT2D eigenvalue weighted by atomic mass is 32.2. The fourth-order valence-corrected chi connectivity index (χ4v) is 3.71. The Balaban J connectivity index is 2.01. The van der Waals surface area contributed by atoms with Crippen molar-refractivity contribution in [2.45, 2.75) is 25.2 Å². The van der Waals surface area contributed by atoms with Gasteiger partial charge in [0.25, 0.3) is 21.8 Å². The van der Waals surface area contributed by atoms with Gasteiger partial charge in [-0.3, -0.25) is 19.4 Å². The van der Waals surface area contributed by atoms with E-state index in [1.54, 1.807) is 26.0 Å². The van der Waals surface area contributed by atoms with Crippen molar-refractivity contribution in [1.29, 1.82) is 0 Å². The lowest BCUT2D eigenvalue weighted by Gasteiger charge is -2.10. The van der Waals surface area contributed by atoms with Crippen LogP contribution in [0.1, 0.15) is 40.3 Å². The molecule has 11 heteroatoms. The van der Waals surface area contributed by atoms with Gasteiger partial charge in [0.1, 0.15) is 5.69 Å². The summed E-state index contributed by atoms with van der Waals surface area (Å²) in [6, 6.07) is 8.77. The van der Waals surface area contributed by atoms with E-state index in [0.717, 1.165) is 6.20 Å². The van der Waals surface area contributed by atoms with Gasteiger partial charge in [-0.25, -0.2) is 13.1 Å². The van der Waals surface area contributed by atoms with Gasteiger partial charge in [0.2, 0.25) is 5.91 Å². The Morgan fingerprint density at radius 2 is 1.79 bits per heavy atom. The van der Waals surface area contributed by atoms with E-state index in [1.165, 1.54) is 31.4 Å². The largest absolute Gasteiger partial charge is 0.383 e. The van der Waals surface area contributed by atoms with E-state index in [2.05, 4.69) is 15.6 Å². The molecule has 33 heavy (non-hydrogen) atoms. The topological polar surface area (TPSA) is 144 Å². The molecular formula is C22H28N4O6S. The summed E-state index contributed by atoms with van der Waals surface area (Å²) < 4.78 is 32.2. The molecule has 10 nitrogen and oxygen atoms in total. The number of carbonyl (C=O) groups excluding carboxylic acids is 3. The third kappa shape index (κ3) is 7.95. The van der Waals surface area contributed by atoms with Gasteiger partial charge in [-0.05, 0) is 36.2 Å². The van der Waals surface area contributed by atoms with Crippen LogP contribution in [0.2, 0.25) is 0 Å². The number of carbonyl (C=O) groups is 3. The monoisotopic (exact) mass is 476 g/mol. The number of nitrogens with one attached hydrogen (secondary N) is 3. The summed E-state index contributed by atoms with van der Waals surface area (Å²) in [5.41, 5.74) is 0.766. The van der Waals surface area contributed by atoms with Gasteiger partial charge in [0, 0.05) is 32.3 Å². The van der Waals surface area contributed by atoms with Gasteiger partial charge in [0.05, 0.1) is 17.1 Å². The summed E-state index contributed by atoms with van der Waals surface area (Å²) in [6.07, 6.45) is 1.57. The summed E-state index contributed by atoms with van der Waals surface area (Å²) >= 11 is 0. The van der Waals surface area contributed by atoms with Crippen molar-refractivity contribution in [2.75, 3.05) is 26.8 Å². The van der Waals surface area contributed by atoms with Crippen LogP contribution in [0.5, 0.6) is 0 Å². The first-order chi connectivity index (χ1) is 15.6. The van der Waals surface area contributed by atoms with Crippen LogP contribution in [-0.2, 0) is 26.0 Å². The Hall–Kier alpha value is -3.31. The molecule has 0 unspecified atom stereocenters. The van der Waals surface area contributed by atoms with E-state index in [0.29, 0.717) is 31.7 Å². The van der Waals surface area contributed by atoms with Crippen LogP contribution in [0.15, 0.2) is 47.5 Å². The number of sulfonamides is 1. The minimum Gasteiger partial charge on any atom is -0.383 e. The van der Waals surface area contributed by atoms with E-state index in [4.69, 9.17) is 4.74 Å². The Morgan fingerprint density at radius 3 is 2.42 bits per heavy atom. The van der Waals surface area contributed by atoms with Crippen LogP contribution in [-0.4, -0.2) is 57.9 Å². The Labute approximate surface area is 193 Å². The molecule has 1 aromatic heterocycles. The van der Waals surface area contributed by atoms with Crippen molar-refractivity contribution in [2.24, 2.45) is 5.92 Å². The van der Waals surface area contributed by atoms with Gasteiger partial charge in [0.15, 0.2) is 0 Å². The second kappa shape index (κ2) is 12.1. The van der Waals surface area contributed by atoms with Gasteiger partial charge < -0.3 is 15.4 Å². The molecule has 0 spiro atoms. The molecule has 1 heterocycles. The zero-order valence-electron chi connectivity index (χ0n) is 18.8. The molecule has 0 aliphatic rings. The molecule has 2 rings (SSSR count). The van der Waals surface area contributed by atoms with Crippen LogP contribution in [0.4, 0.5) is 0 Å². The molecule has 1 aromatic carbocycles. The van der Waals surface area contributed by atoms with E-state index < -0.39 is 21.8 Å². The first-order valence-corrected chi connectivity index (χ1v) is 11.8. The zero-order chi connectivity index (χ0) is 24.4. The van der Waals surface area contributed by atoms with E-state index in [1.807, 2.05) is 4.72 Å². The molecule has 0 aliphatic heterocycles. The predicted molar refractivity (Wildman–Crippen MR) is 121 cm³/mol. The van der Waals surface area contributed by atoms with E-state index in [9.17, 15) is 22.8 Å². The molecule has 3 N–H and O–H groups in total. The van der Waals surface area contributed by atoms with Crippen molar-refractivity contribution < 1.29 is 27.5 Å². The number of methoxy groups -OCH3 is 1. The summed E-state index contributed by atoms with van der Waals surface area (Å²) in [5.74, 6) is -1.53. The van der Waals surface area contributed by atoms with Crippen molar-refractivity contribution in [1.82, 2.24) is 20.3 Å². The Bertz CT molecular complexity index is 1080. The predicted octanol–water partition coefficient (Wildman–Crippen LogP) is 0.891. The lowest BCUT2D eigenvalue weighted by atomic mass is 10.1. The van der Waals surface area contributed by atoms with Gasteiger partial charge >= 0.3 is 0 Å². The third-order valence-electron chi connectivity index (χ3n) is 4.52. The Morgan fingerprint density at radius 1 is 1.03 bits per heavy atom. The normalized spacial score (nSPS) is 11.2. The second-order valence-corrected chi connectivity index (χ2v) is 9.14. The number of aromatic nitrogens is 1. The molecule has 0 atom stereocenters. The van der Waals surface area contributed by atoms with Crippen LogP contribution >= 0.6 is 0 Å². The molecule has 2 aromatic rings. The molecule has 0 radical (unpaired) electrons. The zero-order valence-corrected chi connectivity index (χ0v) is 19.6. The summed E-state index contributed by atoms with van der Waals surface area (Å²) in [7, 11) is -2.62. The third-order valence-corrected chi connectivity index (χ3v) is 5.85. The molecule has 0 bridgehead atoms.